The molecule has 1 aliphatic carbocycles. The van der Waals surface area contributed by atoms with Gasteiger partial charge < -0.3 is 19.3 Å². The van der Waals surface area contributed by atoms with Crippen molar-refractivity contribution in [3.63, 3.8) is 0 Å². The Kier molecular flexibility index (Phi) is 1.89. The third-order valence-electron chi connectivity index (χ3n) is 3.74. The monoisotopic (exact) mass is 200 g/mol. The molecule has 0 amide bonds. The topological polar surface area (TPSA) is 51.2 Å². The normalized spacial score (nSPS) is 37.9. The Labute approximate surface area is 83.1 Å². The summed E-state index contributed by atoms with van der Waals surface area (Å²) in [7, 11) is 0. The summed E-state index contributed by atoms with van der Waals surface area (Å²) in [5.41, 5.74) is -0.0324. The van der Waals surface area contributed by atoms with Crippen LogP contribution in [0, 0.1) is 0 Å². The highest BCUT2D eigenvalue weighted by Gasteiger charge is 2.60. The number of aliphatic hydroxyl groups is 1. The second-order valence-electron chi connectivity index (χ2n) is 4.46. The van der Waals surface area contributed by atoms with Gasteiger partial charge in [-0.05, 0) is 12.8 Å². The van der Waals surface area contributed by atoms with E-state index in [9.17, 15) is 0 Å². The van der Waals surface area contributed by atoms with Gasteiger partial charge in [0.2, 0.25) is 0 Å². The molecule has 3 fully saturated rings. The van der Waals surface area contributed by atoms with Gasteiger partial charge in [-0.3, -0.25) is 0 Å². The van der Waals surface area contributed by atoms with Crippen LogP contribution in [0.4, 0.5) is 0 Å². The molecule has 4 heteroatoms. The van der Waals surface area contributed by atoms with Gasteiger partial charge in [-0.1, -0.05) is 0 Å². The van der Waals surface area contributed by atoms with Crippen molar-refractivity contribution in [3.8, 4) is 0 Å². The Morgan fingerprint density at radius 2 is 1.71 bits per heavy atom. The Hall–Kier alpha value is -0.160. The smallest absolute Gasteiger partial charge is 0.168 e. The summed E-state index contributed by atoms with van der Waals surface area (Å²) in [6.45, 7) is 1.59. The first-order valence-corrected chi connectivity index (χ1v) is 5.35. The van der Waals surface area contributed by atoms with E-state index in [1.54, 1.807) is 0 Å². The third kappa shape index (κ3) is 1.21. The Morgan fingerprint density at radius 1 is 1.07 bits per heavy atom. The first-order valence-electron chi connectivity index (χ1n) is 5.35. The molecule has 0 unspecified atom stereocenters. The van der Waals surface area contributed by atoms with E-state index in [0.29, 0.717) is 0 Å². The Bertz CT molecular complexity index is 224. The molecule has 0 radical (unpaired) electrons. The first-order chi connectivity index (χ1) is 6.79. The molecular weight excluding hydrogens is 184 g/mol. The number of epoxide rings is 1. The van der Waals surface area contributed by atoms with E-state index in [2.05, 4.69) is 0 Å². The van der Waals surface area contributed by atoms with E-state index >= 15 is 0 Å². The van der Waals surface area contributed by atoms with Gasteiger partial charge in [0.15, 0.2) is 5.79 Å². The molecule has 1 atom stereocenters. The summed E-state index contributed by atoms with van der Waals surface area (Å²) >= 11 is 0. The minimum atomic E-state index is -0.308. The van der Waals surface area contributed by atoms with Crippen molar-refractivity contribution >= 4 is 0 Å². The average molecular weight is 200 g/mol. The van der Waals surface area contributed by atoms with Crippen LogP contribution in [-0.4, -0.2) is 42.4 Å². The quantitative estimate of drug-likeness (QED) is 0.624. The first kappa shape index (κ1) is 9.09. The van der Waals surface area contributed by atoms with Crippen LogP contribution in [0.5, 0.6) is 0 Å². The van der Waals surface area contributed by atoms with Gasteiger partial charge in [0.05, 0.1) is 25.4 Å². The van der Waals surface area contributed by atoms with E-state index in [-0.39, 0.29) is 24.1 Å². The molecule has 1 saturated carbocycles. The molecule has 3 aliphatic rings. The SMILES string of the molecule is OC[C@H]1OC12CCC1(CC2)OCCO1. The molecule has 0 aromatic rings. The molecule has 4 nitrogen and oxygen atoms in total. The lowest BCUT2D eigenvalue weighted by molar-refractivity contribution is -0.184. The second-order valence-corrected chi connectivity index (χ2v) is 4.46. The van der Waals surface area contributed by atoms with Crippen molar-refractivity contribution in [2.45, 2.75) is 43.2 Å². The van der Waals surface area contributed by atoms with Gasteiger partial charge in [0, 0.05) is 12.8 Å². The van der Waals surface area contributed by atoms with Gasteiger partial charge in [0.25, 0.3) is 0 Å². The van der Waals surface area contributed by atoms with Crippen molar-refractivity contribution in [2.75, 3.05) is 19.8 Å². The van der Waals surface area contributed by atoms with Gasteiger partial charge in [-0.15, -0.1) is 0 Å². The van der Waals surface area contributed by atoms with Crippen LogP contribution in [-0.2, 0) is 14.2 Å². The van der Waals surface area contributed by atoms with E-state index in [1.165, 1.54) is 0 Å². The zero-order valence-corrected chi connectivity index (χ0v) is 8.20. The number of rotatable bonds is 1. The predicted octanol–water partition coefficient (Wildman–Crippen LogP) is 0.433. The maximum atomic E-state index is 8.99. The highest BCUT2D eigenvalue weighted by atomic mass is 16.7. The summed E-state index contributed by atoms with van der Waals surface area (Å²) < 4.78 is 16.8. The number of ether oxygens (including phenoxy) is 3. The van der Waals surface area contributed by atoms with Gasteiger partial charge in [-0.25, -0.2) is 0 Å². The van der Waals surface area contributed by atoms with Crippen LogP contribution in [0.15, 0.2) is 0 Å². The molecular formula is C10H16O4. The Balaban J connectivity index is 1.63. The number of hydrogen-bond donors (Lipinski definition) is 1. The zero-order valence-electron chi connectivity index (χ0n) is 8.20. The van der Waals surface area contributed by atoms with Crippen LogP contribution in [0.25, 0.3) is 0 Å². The van der Waals surface area contributed by atoms with Crippen molar-refractivity contribution < 1.29 is 19.3 Å². The number of hydrogen-bond acceptors (Lipinski definition) is 4. The van der Waals surface area contributed by atoms with Crippen molar-refractivity contribution in [2.24, 2.45) is 0 Å². The van der Waals surface area contributed by atoms with E-state index in [1.807, 2.05) is 0 Å². The molecule has 1 N–H and O–H groups in total. The van der Waals surface area contributed by atoms with Gasteiger partial charge in [0.1, 0.15) is 6.10 Å². The van der Waals surface area contributed by atoms with Gasteiger partial charge in [-0.2, -0.15) is 0 Å². The molecule has 3 rings (SSSR count). The van der Waals surface area contributed by atoms with E-state index in [0.717, 1.165) is 38.9 Å². The van der Waals surface area contributed by atoms with Crippen molar-refractivity contribution in [3.05, 3.63) is 0 Å². The molecule has 0 aromatic heterocycles. The minimum absolute atomic E-state index is 0.0324. The summed E-state index contributed by atoms with van der Waals surface area (Å²) in [4.78, 5) is 0. The fraction of sp³-hybridized carbons (Fsp3) is 1.00. The summed E-state index contributed by atoms with van der Waals surface area (Å²) in [5, 5.41) is 8.99. The van der Waals surface area contributed by atoms with Crippen LogP contribution in [0.3, 0.4) is 0 Å². The molecule has 0 aromatic carbocycles. The second kappa shape index (κ2) is 2.92. The zero-order chi connectivity index (χ0) is 9.65. The van der Waals surface area contributed by atoms with Crippen molar-refractivity contribution in [1.29, 1.82) is 0 Å². The van der Waals surface area contributed by atoms with E-state index < -0.39 is 0 Å². The number of aliphatic hydroxyl groups excluding tert-OH is 1. The highest BCUT2D eigenvalue weighted by molar-refractivity contribution is 5.06. The predicted molar refractivity (Wildman–Crippen MR) is 47.8 cm³/mol. The highest BCUT2D eigenvalue weighted by Crippen LogP contribution is 2.52. The van der Waals surface area contributed by atoms with Crippen molar-refractivity contribution in [1.82, 2.24) is 0 Å². The van der Waals surface area contributed by atoms with Crippen LogP contribution in [0.1, 0.15) is 25.7 Å². The minimum Gasteiger partial charge on any atom is -0.394 e. The largest absolute Gasteiger partial charge is 0.394 e. The lowest BCUT2D eigenvalue weighted by atomic mass is 9.83. The van der Waals surface area contributed by atoms with Crippen LogP contribution < -0.4 is 0 Å². The molecule has 14 heavy (non-hydrogen) atoms. The van der Waals surface area contributed by atoms with Gasteiger partial charge >= 0.3 is 0 Å². The fourth-order valence-corrected chi connectivity index (χ4v) is 2.73. The average Bonchev–Trinajstić information content (AvgIpc) is 2.72. The van der Waals surface area contributed by atoms with Crippen LogP contribution in [0.2, 0.25) is 0 Å². The maximum Gasteiger partial charge on any atom is 0.168 e. The molecule has 2 heterocycles. The molecule has 2 saturated heterocycles. The molecule has 0 bridgehead atoms. The Morgan fingerprint density at radius 3 is 2.21 bits per heavy atom. The molecule has 80 valence electrons. The van der Waals surface area contributed by atoms with Crippen LogP contribution >= 0.6 is 0 Å². The lowest BCUT2D eigenvalue weighted by Gasteiger charge is -2.34. The van der Waals surface area contributed by atoms with E-state index in [4.69, 9.17) is 19.3 Å². The lowest BCUT2D eigenvalue weighted by Crippen LogP contribution is -2.39. The fourth-order valence-electron chi connectivity index (χ4n) is 2.73. The summed E-state index contributed by atoms with van der Waals surface area (Å²) in [6.07, 6.45) is 3.80. The third-order valence-corrected chi connectivity index (χ3v) is 3.74. The standard InChI is InChI=1S/C10H16O4/c11-7-8-9(14-8)1-3-10(4-2-9)12-5-6-13-10/h8,11H,1-7H2/t8-/m1/s1. The molecule has 2 aliphatic heterocycles. The molecule has 2 spiro atoms. The summed E-state index contributed by atoms with van der Waals surface area (Å²) in [5.74, 6) is -0.308. The summed E-state index contributed by atoms with van der Waals surface area (Å²) in [6, 6.07) is 0. The maximum absolute atomic E-state index is 8.99.